The van der Waals surface area contributed by atoms with E-state index in [1.165, 1.54) is 4.90 Å². The third kappa shape index (κ3) is 5.01. The molecule has 2 aliphatic heterocycles. The first-order valence-corrected chi connectivity index (χ1v) is 12.1. The minimum atomic E-state index is -0.801. The summed E-state index contributed by atoms with van der Waals surface area (Å²) < 4.78 is 22.4. The van der Waals surface area contributed by atoms with Crippen molar-refractivity contribution in [1.82, 2.24) is 4.90 Å². The molecule has 2 heterocycles. The number of benzene rings is 3. The standard InChI is InChI=1S/C29H27NO7/c1-34-14-6-13-30-26(19-7-5-10-22(17-19)37-21-8-3-2-4-9-21)25(28(32)29(30)33)27(31)20-11-12-23-24(18-20)36-16-15-35-23/h2-5,7-12,17-18,26,31H,6,13-16H2,1H3. The lowest BCUT2D eigenvalue weighted by molar-refractivity contribution is -0.140. The Kier molecular flexibility index (Phi) is 7.09. The molecule has 1 unspecified atom stereocenters. The highest BCUT2D eigenvalue weighted by Crippen LogP contribution is 2.42. The summed E-state index contributed by atoms with van der Waals surface area (Å²) in [7, 11) is 1.58. The Hall–Kier alpha value is -4.30. The number of Topliss-reactive ketones (excluding diaryl/α,β-unsaturated/α-hetero) is 1. The molecule has 190 valence electrons. The minimum Gasteiger partial charge on any atom is -0.507 e. The van der Waals surface area contributed by atoms with Crippen molar-refractivity contribution in [2.75, 3.05) is 33.5 Å². The molecule has 0 aliphatic carbocycles. The number of fused-ring (bicyclic) bond motifs is 1. The van der Waals surface area contributed by atoms with Gasteiger partial charge in [-0.1, -0.05) is 30.3 Å². The van der Waals surface area contributed by atoms with Crippen LogP contribution in [0.15, 0.2) is 78.4 Å². The molecule has 1 saturated heterocycles. The fourth-order valence-electron chi connectivity index (χ4n) is 4.56. The maximum absolute atomic E-state index is 13.3. The van der Waals surface area contributed by atoms with Crippen LogP contribution in [0.1, 0.15) is 23.6 Å². The third-order valence-corrected chi connectivity index (χ3v) is 6.26. The first-order valence-electron chi connectivity index (χ1n) is 12.1. The van der Waals surface area contributed by atoms with Crippen LogP contribution in [0.5, 0.6) is 23.0 Å². The van der Waals surface area contributed by atoms with E-state index in [4.69, 9.17) is 18.9 Å². The van der Waals surface area contributed by atoms with E-state index in [1.54, 1.807) is 43.5 Å². The summed E-state index contributed by atoms with van der Waals surface area (Å²) in [5.74, 6) is 0.544. The largest absolute Gasteiger partial charge is 0.507 e. The van der Waals surface area contributed by atoms with E-state index < -0.39 is 17.7 Å². The van der Waals surface area contributed by atoms with E-state index >= 15 is 0 Å². The van der Waals surface area contributed by atoms with Gasteiger partial charge in [0.15, 0.2) is 11.5 Å². The Bertz CT molecular complexity index is 1340. The fraction of sp³-hybridized carbons (Fsp3) is 0.241. The van der Waals surface area contributed by atoms with Crippen LogP contribution < -0.4 is 14.2 Å². The summed E-state index contributed by atoms with van der Waals surface area (Å²) >= 11 is 0. The summed E-state index contributed by atoms with van der Waals surface area (Å²) in [5, 5.41) is 11.4. The lowest BCUT2D eigenvalue weighted by atomic mass is 9.95. The van der Waals surface area contributed by atoms with Gasteiger partial charge in [-0.05, 0) is 54.4 Å². The Morgan fingerprint density at radius 1 is 0.946 bits per heavy atom. The lowest BCUT2D eigenvalue weighted by Gasteiger charge is -2.26. The Balaban J connectivity index is 1.57. The van der Waals surface area contributed by atoms with Crippen molar-refractivity contribution in [3.8, 4) is 23.0 Å². The van der Waals surface area contributed by atoms with Crippen LogP contribution in [0.3, 0.4) is 0 Å². The summed E-state index contributed by atoms with van der Waals surface area (Å²) in [6.45, 7) is 1.53. The van der Waals surface area contributed by atoms with Gasteiger partial charge in [-0.15, -0.1) is 0 Å². The molecule has 1 N–H and O–H groups in total. The number of rotatable bonds is 8. The average molecular weight is 502 g/mol. The number of carbonyl (C=O) groups excluding carboxylic acids is 2. The number of aliphatic hydroxyl groups is 1. The van der Waals surface area contributed by atoms with E-state index in [0.29, 0.717) is 60.4 Å². The van der Waals surface area contributed by atoms with Gasteiger partial charge in [0.1, 0.15) is 30.5 Å². The predicted molar refractivity (Wildman–Crippen MR) is 136 cm³/mol. The molecule has 0 bridgehead atoms. The first kappa shape index (κ1) is 24.4. The van der Waals surface area contributed by atoms with Gasteiger partial charge in [-0.25, -0.2) is 0 Å². The molecule has 3 aromatic rings. The van der Waals surface area contributed by atoms with Crippen LogP contribution in [0, 0.1) is 0 Å². The fourth-order valence-corrected chi connectivity index (χ4v) is 4.56. The van der Waals surface area contributed by atoms with Gasteiger partial charge >= 0.3 is 0 Å². The van der Waals surface area contributed by atoms with Gasteiger partial charge in [0.2, 0.25) is 0 Å². The smallest absolute Gasteiger partial charge is 0.295 e. The van der Waals surface area contributed by atoms with Gasteiger partial charge in [-0.2, -0.15) is 0 Å². The highest BCUT2D eigenvalue weighted by molar-refractivity contribution is 6.46. The summed E-state index contributed by atoms with van der Waals surface area (Å²) in [6, 6.07) is 20.7. The summed E-state index contributed by atoms with van der Waals surface area (Å²) in [5.41, 5.74) is 1.01. The molecule has 1 amide bonds. The second-order valence-electron chi connectivity index (χ2n) is 8.68. The second kappa shape index (κ2) is 10.8. The van der Waals surface area contributed by atoms with Gasteiger partial charge in [0, 0.05) is 25.8 Å². The van der Waals surface area contributed by atoms with E-state index in [0.717, 1.165) is 0 Å². The van der Waals surface area contributed by atoms with Crippen LogP contribution in [0.2, 0.25) is 0 Å². The molecule has 1 atom stereocenters. The number of hydrogen-bond donors (Lipinski definition) is 1. The molecule has 0 saturated carbocycles. The van der Waals surface area contributed by atoms with Crippen LogP contribution in [0.4, 0.5) is 0 Å². The zero-order chi connectivity index (χ0) is 25.8. The number of nitrogens with zero attached hydrogens (tertiary/aromatic N) is 1. The number of para-hydroxylation sites is 1. The number of ketones is 1. The van der Waals surface area contributed by atoms with Crippen LogP contribution in [0.25, 0.3) is 5.76 Å². The average Bonchev–Trinajstić information content (AvgIpc) is 3.18. The van der Waals surface area contributed by atoms with E-state index in [2.05, 4.69) is 0 Å². The van der Waals surface area contributed by atoms with Gasteiger partial charge < -0.3 is 29.0 Å². The number of ether oxygens (including phenoxy) is 4. The minimum absolute atomic E-state index is 0.0101. The van der Waals surface area contributed by atoms with Crippen molar-refractivity contribution >= 4 is 17.4 Å². The quantitative estimate of drug-likeness (QED) is 0.207. The SMILES string of the molecule is COCCCN1C(=O)C(=O)C(=C(O)c2ccc3c(c2)OCCO3)C1c1cccc(Oc2ccccc2)c1. The molecule has 8 heteroatoms. The van der Waals surface area contributed by atoms with Crippen molar-refractivity contribution in [2.24, 2.45) is 0 Å². The molecule has 0 radical (unpaired) electrons. The van der Waals surface area contributed by atoms with Crippen LogP contribution >= 0.6 is 0 Å². The third-order valence-electron chi connectivity index (χ3n) is 6.26. The predicted octanol–water partition coefficient (Wildman–Crippen LogP) is 4.71. The second-order valence-corrected chi connectivity index (χ2v) is 8.68. The van der Waals surface area contributed by atoms with Crippen LogP contribution in [-0.2, 0) is 14.3 Å². The molecular formula is C29H27NO7. The molecule has 8 nitrogen and oxygen atoms in total. The van der Waals surface area contributed by atoms with Crippen molar-refractivity contribution in [3.63, 3.8) is 0 Å². The normalized spacial score (nSPS) is 18.2. The number of aliphatic hydroxyl groups excluding tert-OH is 1. The van der Waals surface area contributed by atoms with Crippen molar-refractivity contribution < 1.29 is 33.6 Å². The Morgan fingerprint density at radius 3 is 2.49 bits per heavy atom. The van der Waals surface area contributed by atoms with E-state index in [9.17, 15) is 14.7 Å². The molecule has 37 heavy (non-hydrogen) atoms. The number of carbonyl (C=O) groups is 2. The highest BCUT2D eigenvalue weighted by Gasteiger charge is 2.46. The van der Waals surface area contributed by atoms with Crippen molar-refractivity contribution in [2.45, 2.75) is 12.5 Å². The zero-order valence-electron chi connectivity index (χ0n) is 20.4. The van der Waals surface area contributed by atoms with Crippen molar-refractivity contribution in [1.29, 1.82) is 0 Å². The molecule has 1 fully saturated rings. The van der Waals surface area contributed by atoms with Crippen LogP contribution in [-0.4, -0.2) is 55.2 Å². The van der Waals surface area contributed by atoms with E-state index in [1.807, 2.05) is 36.4 Å². The van der Waals surface area contributed by atoms with E-state index in [-0.39, 0.29) is 17.9 Å². The van der Waals surface area contributed by atoms with Gasteiger partial charge in [0.05, 0.1) is 11.6 Å². The first-order chi connectivity index (χ1) is 18.1. The molecular weight excluding hydrogens is 474 g/mol. The van der Waals surface area contributed by atoms with Crippen molar-refractivity contribution in [3.05, 3.63) is 89.5 Å². The molecule has 0 spiro atoms. The highest BCUT2D eigenvalue weighted by atomic mass is 16.6. The number of hydrogen-bond acceptors (Lipinski definition) is 7. The molecule has 2 aliphatic rings. The number of amides is 1. The van der Waals surface area contributed by atoms with Gasteiger partial charge in [0.25, 0.3) is 11.7 Å². The monoisotopic (exact) mass is 501 g/mol. The molecule has 0 aromatic heterocycles. The number of methoxy groups -OCH3 is 1. The maximum Gasteiger partial charge on any atom is 0.295 e. The Labute approximate surface area is 214 Å². The molecule has 5 rings (SSSR count). The summed E-state index contributed by atoms with van der Waals surface area (Å²) in [4.78, 5) is 27.9. The number of likely N-dealkylation sites (tertiary alicyclic amines) is 1. The molecule has 3 aromatic carbocycles. The lowest BCUT2D eigenvalue weighted by Crippen LogP contribution is -2.31. The summed E-state index contributed by atoms with van der Waals surface area (Å²) in [6.07, 6.45) is 0.532. The topological polar surface area (TPSA) is 94.5 Å². The zero-order valence-corrected chi connectivity index (χ0v) is 20.4. The Morgan fingerprint density at radius 2 is 1.70 bits per heavy atom. The van der Waals surface area contributed by atoms with Gasteiger partial charge in [-0.3, -0.25) is 9.59 Å². The maximum atomic E-state index is 13.3.